The van der Waals surface area contributed by atoms with E-state index in [1.54, 1.807) is 7.05 Å². The number of carbonyl (C=O) groups is 1. The zero-order valence-corrected chi connectivity index (χ0v) is 11.0. The molecule has 0 aliphatic carbocycles. The molecule has 2 heterocycles. The maximum absolute atomic E-state index is 12.0. The maximum atomic E-state index is 12.0. The highest BCUT2D eigenvalue weighted by molar-refractivity contribution is 5.81. The number of likely N-dealkylation sites (N-methyl/N-ethyl adjacent to an activating group) is 1. The van der Waals surface area contributed by atoms with E-state index >= 15 is 0 Å². The Bertz CT molecular complexity index is 269. The lowest BCUT2D eigenvalue weighted by molar-refractivity contribution is -0.128. The summed E-state index contributed by atoms with van der Waals surface area (Å²) in [5.41, 5.74) is 0. The van der Waals surface area contributed by atoms with Crippen LogP contribution in [-0.4, -0.2) is 49.6 Å². The van der Waals surface area contributed by atoms with E-state index in [1.165, 1.54) is 19.3 Å². The van der Waals surface area contributed by atoms with Crippen LogP contribution in [-0.2, 0) is 4.79 Å². The standard InChI is InChI=1S/C13H25N3O/c1-3-10-8-15-9-12(10)16-7-5-4-6-11(16)13(17)14-2/h10-12,15H,3-9H2,1-2H3,(H,14,17). The summed E-state index contributed by atoms with van der Waals surface area (Å²) in [7, 11) is 1.75. The second kappa shape index (κ2) is 5.83. The van der Waals surface area contributed by atoms with Gasteiger partial charge in [-0.05, 0) is 31.8 Å². The van der Waals surface area contributed by atoms with Crippen molar-refractivity contribution in [3.05, 3.63) is 0 Å². The van der Waals surface area contributed by atoms with Crippen LogP contribution < -0.4 is 10.6 Å². The van der Waals surface area contributed by atoms with Gasteiger partial charge < -0.3 is 10.6 Å². The largest absolute Gasteiger partial charge is 0.358 e. The zero-order chi connectivity index (χ0) is 12.3. The summed E-state index contributed by atoms with van der Waals surface area (Å²) < 4.78 is 0. The Morgan fingerprint density at radius 2 is 2.24 bits per heavy atom. The van der Waals surface area contributed by atoms with Gasteiger partial charge in [0.05, 0.1) is 6.04 Å². The molecule has 0 radical (unpaired) electrons. The van der Waals surface area contributed by atoms with Gasteiger partial charge in [0.25, 0.3) is 0 Å². The Morgan fingerprint density at radius 1 is 1.41 bits per heavy atom. The number of hydrogen-bond acceptors (Lipinski definition) is 3. The summed E-state index contributed by atoms with van der Waals surface area (Å²) in [6, 6.07) is 0.662. The van der Waals surface area contributed by atoms with E-state index in [9.17, 15) is 4.79 Å². The third kappa shape index (κ3) is 2.63. The number of carbonyl (C=O) groups excluding carboxylic acids is 1. The number of piperidine rings is 1. The van der Waals surface area contributed by atoms with Crippen LogP contribution in [0.5, 0.6) is 0 Å². The first kappa shape index (κ1) is 12.8. The lowest BCUT2D eigenvalue weighted by Gasteiger charge is -2.40. The van der Waals surface area contributed by atoms with Gasteiger partial charge in [-0.2, -0.15) is 0 Å². The Labute approximate surface area is 104 Å². The predicted molar refractivity (Wildman–Crippen MR) is 68.9 cm³/mol. The highest BCUT2D eigenvalue weighted by Gasteiger charge is 2.38. The van der Waals surface area contributed by atoms with Crippen molar-refractivity contribution in [2.24, 2.45) is 5.92 Å². The fourth-order valence-corrected chi connectivity index (χ4v) is 3.32. The molecule has 98 valence electrons. The van der Waals surface area contributed by atoms with Crippen LogP contribution >= 0.6 is 0 Å². The van der Waals surface area contributed by atoms with Gasteiger partial charge in [-0.3, -0.25) is 9.69 Å². The van der Waals surface area contributed by atoms with Crippen molar-refractivity contribution in [2.45, 2.75) is 44.7 Å². The Balaban J connectivity index is 2.07. The van der Waals surface area contributed by atoms with E-state index in [4.69, 9.17) is 0 Å². The van der Waals surface area contributed by atoms with Gasteiger partial charge in [0.1, 0.15) is 0 Å². The van der Waals surface area contributed by atoms with Gasteiger partial charge >= 0.3 is 0 Å². The van der Waals surface area contributed by atoms with Crippen LogP contribution in [0.3, 0.4) is 0 Å². The molecule has 2 saturated heterocycles. The molecule has 2 fully saturated rings. The molecule has 2 N–H and O–H groups in total. The first-order valence-electron chi connectivity index (χ1n) is 6.96. The molecule has 4 nitrogen and oxygen atoms in total. The molecule has 0 saturated carbocycles. The van der Waals surface area contributed by atoms with Crippen LogP contribution in [0.2, 0.25) is 0 Å². The minimum Gasteiger partial charge on any atom is -0.358 e. The third-order valence-corrected chi connectivity index (χ3v) is 4.35. The lowest BCUT2D eigenvalue weighted by Crippen LogP contribution is -2.55. The topological polar surface area (TPSA) is 44.4 Å². The van der Waals surface area contributed by atoms with Crippen molar-refractivity contribution >= 4 is 5.91 Å². The van der Waals surface area contributed by atoms with Crippen molar-refractivity contribution in [3.63, 3.8) is 0 Å². The molecular formula is C13H25N3O. The zero-order valence-electron chi connectivity index (χ0n) is 11.0. The molecule has 17 heavy (non-hydrogen) atoms. The van der Waals surface area contributed by atoms with Gasteiger partial charge in [-0.1, -0.05) is 19.8 Å². The average molecular weight is 239 g/mol. The molecule has 2 aliphatic rings. The van der Waals surface area contributed by atoms with Crippen molar-refractivity contribution in [1.29, 1.82) is 0 Å². The third-order valence-electron chi connectivity index (χ3n) is 4.35. The average Bonchev–Trinajstić information content (AvgIpc) is 2.86. The van der Waals surface area contributed by atoms with Crippen molar-refractivity contribution in [1.82, 2.24) is 15.5 Å². The fourth-order valence-electron chi connectivity index (χ4n) is 3.32. The molecule has 2 aliphatic heterocycles. The van der Waals surface area contributed by atoms with Gasteiger partial charge in [-0.15, -0.1) is 0 Å². The number of nitrogens with zero attached hydrogens (tertiary/aromatic N) is 1. The van der Waals surface area contributed by atoms with Crippen LogP contribution in [0.1, 0.15) is 32.6 Å². The van der Waals surface area contributed by atoms with Crippen molar-refractivity contribution < 1.29 is 4.79 Å². The van der Waals surface area contributed by atoms with E-state index in [0.717, 1.165) is 26.1 Å². The first-order chi connectivity index (χ1) is 8.27. The van der Waals surface area contributed by atoms with Crippen LogP contribution in [0.15, 0.2) is 0 Å². The van der Waals surface area contributed by atoms with Gasteiger partial charge in [0.2, 0.25) is 5.91 Å². The number of rotatable bonds is 3. The fraction of sp³-hybridized carbons (Fsp3) is 0.923. The molecule has 0 spiro atoms. The molecule has 1 amide bonds. The monoisotopic (exact) mass is 239 g/mol. The molecule has 0 aromatic rings. The SMILES string of the molecule is CCC1CNCC1N1CCCCC1C(=O)NC. The lowest BCUT2D eigenvalue weighted by atomic mass is 9.93. The molecular weight excluding hydrogens is 214 g/mol. The molecule has 0 aromatic carbocycles. The van der Waals surface area contributed by atoms with Crippen LogP contribution in [0.25, 0.3) is 0 Å². The van der Waals surface area contributed by atoms with Crippen molar-refractivity contribution in [2.75, 3.05) is 26.7 Å². The number of amides is 1. The molecule has 2 rings (SSSR count). The molecule has 0 aromatic heterocycles. The molecule has 4 heteroatoms. The second-order valence-electron chi connectivity index (χ2n) is 5.26. The van der Waals surface area contributed by atoms with Gasteiger partial charge in [-0.25, -0.2) is 0 Å². The van der Waals surface area contributed by atoms with E-state index in [2.05, 4.69) is 22.5 Å². The van der Waals surface area contributed by atoms with Gasteiger partial charge in [0, 0.05) is 19.6 Å². The van der Waals surface area contributed by atoms with Crippen molar-refractivity contribution in [3.8, 4) is 0 Å². The maximum Gasteiger partial charge on any atom is 0.237 e. The summed E-state index contributed by atoms with van der Waals surface area (Å²) >= 11 is 0. The number of hydrogen-bond donors (Lipinski definition) is 2. The van der Waals surface area contributed by atoms with Crippen LogP contribution in [0, 0.1) is 5.92 Å². The van der Waals surface area contributed by atoms with E-state index in [0.29, 0.717) is 12.0 Å². The Morgan fingerprint density at radius 3 is 2.94 bits per heavy atom. The Hall–Kier alpha value is -0.610. The summed E-state index contributed by atoms with van der Waals surface area (Å²) in [4.78, 5) is 14.4. The van der Waals surface area contributed by atoms with E-state index in [1.807, 2.05) is 0 Å². The highest BCUT2D eigenvalue weighted by atomic mass is 16.2. The second-order valence-corrected chi connectivity index (χ2v) is 5.26. The van der Waals surface area contributed by atoms with Crippen LogP contribution in [0.4, 0.5) is 0 Å². The minimum absolute atomic E-state index is 0.104. The highest BCUT2D eigenvalue weighted by Crippen LogP contribution is 2.26. The van der Waals surface area contributed by atoms with E-state index in [-0.39, 0.29) is 11.9 Å². The molecule has 3 unspecified atom stereocenters. The normalized spacial score (nSPS) is 34.8. The smallest absolute Gasteiger partial charge is 0.237 e. The first-order valence-corrected chi connectivity index (χ1v) is 6.96. The summed E-state index contributed by atoms with van der Waals surface area (Å²) in [5, 5.41) is 6.29. The summed E-state index contributed by atoms with van der Waals surface area (Å²) in [6.45, 7) is 5.49. The summed E-state index contributed by atoms with van der Waals surface area (Å²) in [5.74, 6) is 0.909. The van der Waals surface area contributed by atoms with E-state index < -0.39 is 0 Å². The number of nitrogens with one attached hydrogen (secondary N) is 2. The van der Waals surface area contributed by atoms with Gasteiger partial charge in [0.15, 0.2) is 0 Å². The minimum atomic E-state index is 0.104. The Kier molecular flexibility index (Phi) is 4.40. The quantitative estimate of drug-likeness (QED) is 0.757. The summed E-state index contributed by atoms with van der Waals surface area (Å²) in [6.07, 6.45) is 4.65. The molecule has 3 atom stereocenters. The molecule has 0 bridgehead atoms. The number of likely N-dealkylation sites (tertiary alicyclic amines) is 1. The predicted octanol–water partition coefficient (Wildman–Crippen LogP) is 0.585.